The summed E-state index contributed by atoms with van der Waals surface area (Å²) in [7, 11) is 0. The normalized spacial score (nSPS) is 11.7. The molecule has 6 heteroatoms. The number of halogens is 3. The first kappa shape index (κ1) is 16.6. The summed E-state index contributed by atoms with van der Waals surface area (Å²) in [5, 5.41) is 3.23. The van der Waals surface area contributed by atoms with E-state index in [-0.39, 0.29) is 11.5 Å². The first-order chi connectivity index (χ1) is 9.38. The first-order valence-corrected chi connectivity index (χ1v) is 6.57. The Morgan fingerprint density at radius 1 is 1.15 bits per heavy atom. The fraction of sp³-hybridized carbons (Fsp3) is 0.571. The number of alkyl halides is 3. The van der Waals surface area contributed by atoms with E-state index in [0.717, 1.165) is 13.1 Å². The summed E-state index contributed by atoms with van der Waals surface area (Å²) in [5.41, 5.74) is 0. The minimum absolute atomic E-state index is 0.105. The second kappa shape index (κ2) is 7.99. The van der Waals surface area contributed by atoms with Gasteiger partial charge in [-0.1, -0.05) is 26.0 Å². The molecule has 0 atom stereocenters. The molecule has 1 N–H and O–H groups in total. The molecule has 0 aliphatic rings. The lowest BCUT2D eigenvalue weighted by molar-refractivity contribution is -0.275. The molecule has 0 aliphatic carbocycles. The number of ether oxygens (including phenoxy) is 2. The van der Waals surface area contributed by atoms with E-state index in [9.17, 15) is 13.2 Å². The number of rotatable bonds is 8. The summed E-state index contributed by atoms with van der Waals surface area (Å²) < 4.78 is 45.8. The minimum Gasteiger partial charge on any atom is -0.490 e. The van der Waals surface area contributed by atoms with Crippen LogP contribution in [0, 0.1) is 5.92 Å². The van der Waals surface area contributed by atoms with E-state index in [2.05, 4.69) is 23.9 Å². The van der Waals surface area contributed by atoms with Crippen molar-refractivity contribution in [3.8, 4) is 11.5 Å². The minimum atomic E-state index is -4.71. The van der Waals surface area contributed by atoms with Crippen molar-refractivity contribution in [2.45, 2.75) is 26.6 Å². The molecule has 20 heavy (non-hydrogen) atoms. The molecule has 1 aromatic carbocycles. The van der Waals surface area contributed by atoms with Gasteiger partial charge in [-0.3, -0.25) is 0 Å². The van der Waals surface area contributed by atoms with Crippen molar-refractivity contribution in [3.63, 3.8) is 0 Å². The smallest absolute Gasteiger partial charge is 0.490 e. The number of para-hydroxylation sites is 2. The van der Waals surface area contributed by atoms with Crippen LogP contribution in [0.2, 0.25) is 0 Å². The van der Waals surface area contributed by atoms with Crippen LogP contribution < -0.4 is 14.8 Å². The average molecular weight is 291 g/mol. The van der Waals surface area contributed by atoms with Gasteiger partial charge in [-0.25, -0.2) is 0 Å². The third kappa shape index (κ3) is 7.23. The predicted molar refractivity (Wildman–Crippen MR) is 70.9 cm³/mol. The molecule has 114 valence electrons. The molecule has 0 fully saturated rings. The van der Waals surface area contributed by atoms with E-state index >= 15 is 0 Å². The average Bonchev–Trinajstić information content (AvgIpc) is 2.33. The van der Waals surface area contributed by atoms with E-state index < -0.39 is 6.36 Å². The van der Waals surface area contributed by atoms with Crippen LogP contribution in [0.5, 0.6) is 11.5 Å². The zero-order valence-corrected chi connectivity index (χ0v) is 11.7. The number of benzene rings is 1. The highest BCUT2D eigenvalue weighted by Crippen LogP contribution is 2.31. The highest BCUT2D eigenvalue weighted by Gasteiger charge is 2.32. The fourth-order valence-corrected chi connectivity index (χ4v) is 1.55. The summed E-state index contributed by atoms with van der Waals surface area (Å²) >= 11 is 0. The molecule has 0 radical (unpaired) electrons. The van der Waals surface area contributed by atoms with Crippen LogP contribution in [-0.4, -0.2) is 26.1 Å². The second-order valence-electron chi connectivity index (χ2n) is 4.79. The van der Waals surface area contributed by atoms with Crippen molar-refractivity contribution in [1.29, 1.82) is 0 Å². The van der Waals surface area contributed by atoms with Gasteiger partial charge >= 0.3 is 6.36 Å². The van der Waals surface area contributed by atoms with Gasteiger partial charge in [-0.2, -0.15) is 0 Å². The maximum absolute atomic E-state index is 12.2. The third-order valence-corrected chi connectivity index (χ3v) is 2.38. The summed E-state index contributed by atoms with van der Waals surface area (Å²) in [6.07, 6.45) is -3.99. The molecule has 1 aromatic rings. The van der Waals surface area contributed by atoms with Crippen molar-refractivity contribution in [2.24, 2.45) is 5.92 Å². The van der Waals surface area contributed by atoms with Gasteiger partial charge in [-0.15, -0.1) is 13.2 Å². The predicted octanol–water partition coefficient (Wildman–Crippen LogP) is 3.60. The molecule has 0 bridgehead atoms. The monoisotopic (exact) mass is 291 g/mol. The Kier molecular flexibility index (Phi) is 6.64. The molecule has 0 saturated heterocycles. The molecule has 0 amide bonds. The quantitative estimate of drug-likeness (QED) is 0.742. The Bertz CT molecular complexity index is 394. The zero-order chi connectivity index (χ0) is 15.0. The molecular weight excluding hydrogens is 271 g/mol. The van der Waals surface area contributed by atoms with Crippen LogP contribution in [0.15, 0.2) is 24.3 Å². The van der Waals surface area contributed by atoms with Crippen LogP contribution in [0.25, 0.3) is 0 Å². The molecule has 0 spiro atoms. The third-order valence-electron chi connectivity index (χ3n) is 2.38. The molecule has 0 aromatic heterocycles. The Balaban J connectivity index is 2.36. The highest BCUT2D eigenvalue weighted by atomic mass is 19.4. The fourth-order valence-electron chi connectivity index (χ4n) is 1.55. The lowest BCUT2D eigenvalue weighted by atomic mass is 10.2. The van der Waals surface area contributed by atoms with Gasteiger partial charge in [0.05, 0.1) is 6.61 Å². The van der Waals surface area contributed by atoms with E-state index in [1.807, 2.05) is 0 Å². The van der Waals surface area contributed by atoms with Gasteiger partial charge in [0.15, 0.2) is 11.5 Å². The summed E-state index contributed by atoms with van der Waals surface area (Å²) in [5.74, 6) is 0.362. The van der Waals surface area contributed by atoms with Crippen LogP contribution in [0.1, 0.15) is 20.3 Å². The number of nitrogens with one attached hydrogen (secondary N) is 1. The molecule has 0 unspecified atom stereocenters. The van der Waals surface area contributed by atoms with Crippen molar-refractivity contribution in [1.82, 2.24) is 5.32 Å². The molecule has 1 rings (SSSR count). The zero-order valence-electron chi connectivity index (χ0n) is 11.7. The van der Waals surface area contributed by atoms with Crippen LogP contribution in [0.4, 0.5) is 13.2 Å². The van der Waals surface area contributed by atoms with E-state index in [0.29, 0.717) is 18.9 Å². The largest absolute Gasteiger partial charge is 0.573 e. The van der Waals surface area contributed by atoms with Gasteiger partial charge in [0.2, 0.25) is 0 Å². The number of hydrogen-bond acceptors (Lipinski definition) is 3. The Labute approximate surface area is 117 Å². The maximum atomic E-state index is 12.2. The SMILES string of the molecule is CC(C)CNCCCOc1ccccc1OC(F)(F)F. The highest BCUT2D eigenvalue weighted by molar-refractivity contribution is 5.39. The molecule has 3 nitrogen and oxygen atoms in total. The molecular formula is C14H20F3NO2. The molecule has 0 heterocycles. The van der Waals surface area contributed by atoms with Crippen molar-refractivity contribution in [2.75, 3.05) is 19.7 Å². The summed E-state index contributed by atoms with van der Waals surface area (Å²) in [6, 6.07) is 5.77. The van der Waals surface area contributed by atoms with Gasteiger partial charge in [0, 0.05) is 0 Å². The van der Waals surface area contributed by atoms with Crippen LogP contribution in [0.3, 0.4) is 0 Å². The van der Waals surface area contributed by atoms with Gasteiger partial charge in [0.1, 0.15) is 0 Å². The molecule has 0 aliphatic heterocycles. The summed E-state index contributed by atoms with van der Waals surface area (Å²) in [4.78, 5) is 0. The van der Waals surface area contributed by atoms with Gasteiger partial charge in [0.25, 0.3) is 0 Å². The van der Waals surface area contributed by atoms with E-state index in [4.69, 9.17) is 4.74 Å². The lowest BCUT2D eigenvalue weighted by Gasteiger charge is -2.14. The Morgan fingerprint density at radius 3 is 2.40 bits per heavy atom. The van der Waals surface area contributed by atoms with Gasteiger partial charge in [-0.05, 0) is 37.6 Å². The second-order valence-corrected chi connectivity index (χ2v) is 4.79. The first-order valence-electron chi connectivity index (χ1n) is 6.57. The summed E-state index contributed by atoms with van der Waals surface area (Å²) in [6.45, 7) is 6.22. The van der Waals surface area contributed by atoms with Crippen LogP contribution in [-0.2, 0) is 0 Å². The lowest BCUT2D eigenvalue weighted by Crippen LogP contribution is -2.22. The van der Waals surface area contributed by atoms with Crippen LogP contribution >= 0.6 is 0 Å². The van der Waals surface area contributed by atoms with Crippen molar-refractivity contribution in [3.05, 3.63) is 24.3 Å². The van der Waals surface area contributed by atoms with Crippen molar-refractivity contribution < 1.29 is 22.6 Å². The Morgan fingerprint density at radius 2 is 1.80 bits per heavy atom. The number of hydrogen-bond donors (Lipinski definition) is 1. The van der Waals surface area contributed by atoms with Gasteiger partial charge < -0.3 is 14.8 Å². The Hall–Kier alpha value is -1.43. The van der Waals surface area contributed by atoms with E-state index in [1.54, 1.807) is 6.07 Å². The van der Waals surface area contributed by atoms with Crippen molar-refractivity contribution >= 4 is 0 Å². The molecule has 0 saturated carbocycles. The van der Waals surface area contributed by atoms with E-state index in [1.165, 1.54) is 18.2 Å². The maximum Gasteiger partial charge on any atom is 0.573 e. The standard InChI is InChI=1S/C14H20F3NO2/c1-11(2)10-18-8-5-9-19-12-6-3-4-7-13(12)20-14(15,16)17/h3-4,6-7,11,18H,5,8-10H2,1-2H3. The topological polar surface area (TPSA) is 30.5 Å².